The molecule has 3 aromatic heterocycles. The fourth-order valence-corrected chi connectivity index (χ4v) is 3.05. The molecule has 0 aliphatic heterocycles. The van der Waals surface area contributed by atoms with Crippen molar-refractivity contribution in [1.29, 1.82) is 0 Å². The van der Waals surface area contributed by atoms with Crippen molar-refractivity contribution in [2.24, 2.45) is 0 Å². The lowest BCUT2D eigenvalue weighted by molar-refractivity contribution is 0.690. The van der Waals surface area contributed by atoms with Crippen molar-refractivity contribution < 1.29 is 0 Å². The van der Waals surface area contributed by atoms with Gasteiger partial charge in [0.2, 0.25) is 0 Å². The van der Waals surface area contributed by atoms with Gasteiger partial charge < -0.3 is 11.1 Å². The van der Waals surface area contributed by atoms with Gasteiger partial charge in [0, 0.05) is 24.8 Å². The van der Waals surface area contributed by atoms with Crippen LogP contribution in [0.5, 0.6) is 0 Å². The van der Waals surface area contributed by atoms with Gasteiger partial charge in [-0.2, -0.15) is 0 Å². The lowest BCUT2D eigenvalue weighted by Crippen LogP contribution is -2.36. The fraction of sp³-hybridized carbons (Fsp3) is 0.143. The van der Waals surface area contributed by atoms with Gasteiger partial charge in [0.1, 0.15) is 5.82 Å². The van der Waals surface area contributed by atoms with Gasteiger partial charge in [0.05, 0.1) is 18.3 Å². The summed E-state index contributed by atoms with van der Waals surface area (Å²) in [5, 5.41) is 6.15. The lowest BCUT2D eigenvalue weighted by atomic mass is 10.1. The fourth-order valence-electron chi connectivity index (χ4n) is 3.05. The second kappa shape index (κ2) is 8.07. The van der Waals surface area contributed by atoms with Gasteiger partial charge in [-0.1, -0.05) is 18.2 Å². The number of aryl methyl sites for hydroxylation is 1. The topological polar surface area (TPSA) is 105 Å². The summed E-state index contributed by atoms with van der Waals surface area (Å²) >= 11 is 0. The normalized spacial score (nSPS) is 10.8. The van der Waals surface area contributed by atoms with Crippen LogP contribution >= 0.6 is 0 Å². The van der Waals surface area contributed by atoms with E-state index < -0.39 is 0 Å². The van der Waals surface area contributed by atoms with Gasteiger partial charge in [0.15, 0.2) is 17.5 Å². The monoisotopic (exact) mass is 386 g/mol. The minimum Gasteiger partial charge on any atom is -0.381 e. The third-order valence-electron chi connectivity index (χ3n) is 4.57. The van der Waals surface area contributed by atoms with Crippen LogP contribution in [0.2, 0.25) is 0 Å². The number of benzene rings is 1. The van der Waals surface area contributed by atoms with Gasteiger partial charge in [-0.15, -0.1) is 0 Å². The number of nitrogens with one attached hydrogen (secondary N) is 2. The first-order valence-electron chi connectivity index (χ1n) is 9.24. The molecule has 0 aliphatic rings. The molecule has 8 heteroatoms. The molecule has 0 amide bonds. The summed E-state index contributed by atoms with van der Waals surface area (Å²) in [6.45, 7) is 2.54. The SMILES string of the molecule is CNN(Cc1ccc2ncccc2c1)c1nc(Nc2ncccc2C)cnc1N. The van der Waals surface area contributed by atoms with Gasteiger partial charge in [-0.05, 0) is 42.3 Å². The Morgan fingerprint density at radius 3 is 2.69 bits per heavy atom. The molecule has 8 nitrogen and oxygen atoms in total. The largest absolute Gasteiger partial charge is 0.381 e. The Morgan fingerprint density at radius 1 is 1.03 bits per heavy atom. The van der Waals surface area contributed by atoms with Crippen LogP contribution in [-0.2, 0) is 6.54 Å². The summed E-state index contributed by atoms with van der Waals surface area (Å²) < 4.78 is 0. The number of aromatic nitrogens is 4. The molecule has 0 unspecified atom stereocenters. The van der Waals surface area contributed by atoms with Crippen LogP contribution in [0.4, 0.5) is 23.3 Å². The van der Waals surface area contributed by atoms with Crippen LogP contribution in [0.1, 0.15) is 11.1 Å². The number of anilines is 4. The van der Waals surface area contributed by atoms with Crippen molar-refractivity contribution in [2.45, 2.75) is 13.5 Å². The standard InChI is InChI=1S/C21H22N8/c1-14-5-3-10-25-20(14)27-18-12-26-19(22)21(28-18)29(23-2)13-15-7-8-17-16(11-15)6-4-9-24-17/h3-12,23H,13H2,1-2H3,(H2,22,26)(H,25,27,28). The van der Waals surface area contributed by atoms with Crippen LogP contribution < -0.4 is 21.5 Å². The highest BCUT2D eigenvalue weighted by molar-refractivity contribution is 5.79. The average Bonchev–Trinajstić information content (AvgIpc) is 2.75. The first-order chi connectivity index (χ1) is 14.1. The van der Waals surface area contributed by atoms with E-state index >= 15 is 0 Å². The highest BCUT2D eigenvalue weighted by Gasteiger charge is 2.14. The molecule has 0 aliphatic carbocycles. The van der Waals surface area contributed by atoms with E-state index in [1.54, 1.807) is 18.6 Å². The highest BCUT2D eigenvalue weighted by Crippen LogP contribution is 2.24. The molecule has 0 fully saturated rings. The van der Waals surface area contributed by atoms with E-state index in [2.05, 4.69) is 36.7 Å². The van der Waals surface area contributed by atoms with E-state index in [0.717, 1.165) is 27.8 Å². The van der Waals surface area contributed by atoms with Crippen LogP contribution in [0.25, 0.3) is 10.9 Å². The maximum absolute atomic E-state index is 6.12. The summed E-state index contributed by atoms with van der Waals surface area (Å²) in [5.41, 5.74) is 12.4. The van der Waals surface area contributed by atoms with Crippen molar-refractivity contribution in [3.63, 3.8) is 0 Å². The van der Waals surface area contributed by atoms with Crippen LogP contribution in [0.15, 0.2) is 61.1 Å². The maximum atomic E-state index is 6.12. The van der Waals surface area contributed by atoms with Crippen molar-refractivity contribution in [3.8, 4) is 0 Å². The molecular formula is C21H22N8. The third kappa shape index (κ3) is 4.07. The lowest BCUT2D eigenvalue weighted by Gasteiger charge is -2.24. The molecule has 146 valence electrons. The summed E-state index contributed by atoms with van der Waals surface area (Å²) in [5.74, 6) is 2.18. The van der Waals surface area contributed by atoms with Crippen molar-refractivity contribution in [2.75, 3.05) is 23.1 Å². The van der Waals surface area contributed by atoms with E-state index in [1.807, 2.05) is 55.4 Å². The first kappa shape index (κ1) is 18.6. The molecule has 0 saturated carbocycles. The number of rotatable bonds is 6. The van der Waals surface area contributed by atoms with E-state index in [1.165, 1.54) is 0 Å². The van der Waals surface area contributed by atoms with Crippen molar-refractivity contribution in [3.05, 3.63) is 72.2 Å². The zero-order valence-corrected chi connectivity index (χ0v) is 16.3. The number of hydrogen-bond acceptors (Lipinski definition) is 8. The molecule has 3 heterocycles. The van der Waals surface area contributed by atoms with E-state index in [-0.39, 0.29) is 0 Å². The number of hydrogen-bond donors (Lipinski definition) is 3. The summed E-state index contributed by atoms with van der Waals surface area (Å²) in [7, 11) is 1.83. The number of nitrogen functional groups attached to an aromatic ring is 1. The molecule has 0 radical (unpaired) electrons. The minimum absolute atomic E-state index is 0.338. The molecule has 4 rings (SSSR count). The van der Waals surface area contributed by atoms with Crippen LogP contribution in [0, 0.1) is 6.92 Å². The Labute approximate surface area is 168 Å². The smallest absolute Gasteiger partial charge is 0.188 e. The second-order valence-electron chi connectivity index (χ2n) is 6.60. The molecule has 0 spiro atoms. The maximum Gasteiger partial charge on any atom is 0.188 e. The quantitative estimate of drug-likeness (QED) is 0.434. The number of pyridine rings is 2. The number of hydrazine groups is 1. The zero-order chi connectivity index (χ0) is 20.2. The van der Waals surface area contributed by atoms with Crippen LogP contribution in [-0.4, -0.2) is 27.0 Å². The number of fused-ring (bicyclic) bond motifs is 1. The Kier molecular flexibility index (Phi) is 5.17. The van der Waals surface area contributed by atoms with Gasteiger partial charge in [0.25, 0.3) is 0 Å². The highest BCUT2D eigenvalue weighted by atomic mass is 15.5. The van der Waals surface area contributed by atoms with E-state index in [0.29, 0.717) is 24.0 Å². The molecular weight excluding hydrogens is 364 g/mol. The molecule has 4 aromatic rings. The molecule has 4 N–H and O–H groups in total. The molecule has 0 atom stereocenters. The molecule has 0 bridgehead atoms. The van der Waals surface area contributed by atoms with Crippen molar-refractivity contribution in [1.82, 2.24) is 25.4 Å². The Morgan fingerprint density at radius 2 is 1.86 bits per heavy atom. The molecule has 1 aromatic carbocycles. The Balaban J connectivity index is 1.61. The Bertz CT molecular complexity index is 1140. The summed E-state index contributed by atoms with van der Waals surface area (Å²) in [4.78, 5) is 17.7. The summed E-state index contributed by atoms with van der Waals surface area (Å²) in [6.07, 6.45) is 5.12. The second-order valence-corrected chi connectivity index (χ2v) is 6.60. The van der Waals surface area contributed by atoms with Gasteiger partial charge >= 0.3 is 0 Å². The van der Waals surface area contributed by atoms with E-state index in [4.69, 9.17) is 5.73 Å². The predicted molar refractivity (Wildman–Crippen MR) is 116 cm³/mol. The van der Waals surface area contributed by atoms with Gasteiger partial charge in [-0.25, -0.2) is 20.4 Å². The number of nitrogens with zero attached hydrogens (tertiary/aromatic N) is 5. The predicted octanol–water partition coefficient (Wildman–Crippen LogP) is 3.20. The minimum atomic E-state index is 0.338. The third-order valence-corrected chi connectivity index (χ3v) is 4.57. The molecule has 0 saturated heterocycles. The van der Waals surface area contributed by atoms with E-state index in [9.17, 15) is 0 Å². The molecule has 29 heavy (non-hydrogen) atoms. The zero-order valence-electron chi connectivity index (χ0n) is 16.3. The van der Waals surface area contributed by atoms with Gasteiger partial charge in [-0.3, -0.25) is 9.99 Å². The first-order valence-corrected chi connectivity index (χ1v) is 9.24. The number of nitrogens with two attached hydrogens (primary N) is 1. The average molecular weight is 386 g/mol. The van der Waals surface area contributed by atoms with Crippen molar-refractivity contribution >= 4 is 34.2 Å². The van der Waals surface area contributed by atoms with Crippen LogP contribution in [0.3, 0.4) is 0 Å². The Hall–Kier alpha value is -3.78. The summed E-state index contributed by atoms with van der Waals surface area (Å²) in [6, 6.07) is 14.0.